The molecule has 14 unspecified atom stereocenters. The van der Waals surface area contributed by atoms with Crippen molar-refractivity contribution in [1.82, 2.24) is 0 Å². The monoisotopic (exact) mass is 768 g/mol. The Morgan fingerprint density at radius 2 is 1.58 bits per heavy atom. The lowest BCUT2D eigenvalue weighted by atomic mass is 9.37. The average molecular weight is 768 g/mol. The van der Waals surface area contributed by atoms with Gasteiger partial charge in [-0.15, -0.1) is 0 Å². The number of ether oxygens (including phenoxy) is 1. The van der Waals surface area contributed by atoms with Crippen LogP contribution < -0.4 is 11.1 Å². The third kappa shape index (κ3) is 6.33. The SMILES string of the molecule is CC(O)(C1OC1C(C)(O)C(C)(C)CCC1CC[NH2+]C(N)C1)C1CCC2(O)C3=CC(=O)C4CC(O)CC5(CCCC5)C4(C)C3C(CCC3CCCCC3)CC12C. The number of aliphatic hydroxyl groups is 4. The van der Waals surface area contributed by atoms with E-state index in [1.54, 1.807) is 0 Å². The number of fused-ring (bicyclic) bond motifs is 6. The van der Waals surface area contributed by atoms with E-state index in [0.29, 0.717) is 25.2 Å². The molecular formula is C47H79N2O6+. The molecule has 8 rings (SSSR count). The van der Waals surface area contributed by atoms with Crippen molar-refractivity contribution in [3.8, 4) is 0 Å². The van der Waals surface area contributed by atoms with Gasteiger partial charge in [-0.3, -0.25) is 10.5 Å². The molecule has 0 aromatic carbocycles. The summed E-state index contributed by atoms with van der Waals surface area (Å²) < 4.78 is 6.45. The van der Waals surface area contributed by atoms with Crippen LogP contribution in [0.3, 0.4) is 0 Å². The summed E-state index contributed by atoms with van der Waals surface area (Å²) in [5.41, 5.74) is 2.10. The maximum atomic E-state index is 14.5. The summed E-state index contributed by atoms with van der Waals surface area (Å²) in [6, 6.07) is 0. The second kappa shape index (κ2) is 14.1. The Kier molecular flexibility index (Phi) is 10.5. The maximum Gasteiger partial charge on any atom is 0.159 e. The molecule has 8 heteroatoms. The highest BCUT2D eigenvalue weighted by Gasteiger charge is 2.75. The van der Waals surface area contributed by atoms with E-state index < -0.39 is 45.9 Å². The Hall–Kier alpha value is -0.870. The zero-order valence-electron chi connectivity index (χ0n) is 35.5. The first-order chi connectivity index (χ1) is 25.8. The second-order valence-electron chi connectivity index (χ2n) is 22.7. The van der Waals surface area contributed by atoms with Crippen LogP contribution in [-0.4, -0.2) is 74.0 Å². The van der Waals surface area contributed by atoms with Crippen LogP contribution in [0.1, 0.15) is 170 Å². The zero-order chi connectivity index (χ0) is 39.4. The van der Waals surface area contributed by atoms with Gasteiger partial charge in [0.25, 0.3) is 0 Å². The smallest absolute Gasteiger partial charge is 0.159 e. The Balaban J connectivity index is 1.10. The molecule has 8 aliphatic rings. The number of piperidine rings is 1. The van der Waals surface area contributed by atoms with Gasteiger partial charge in [-0.25, -0.2) is 0 Å². The van der Waals surface area contributed by atoms with Gasteiger partial charge < -0.3 is 30.5 Å². The van der Waals surface area contributed by atoms with Crippen LogP contribution in [0.4, 0.5) is 0 Å². The van der Waals surface area contributed by atoms with Crippen LogP contribution in [0.2, 0.25) is 0 Å². The molecule has 0 aromatic heterocycles. The first-order valence-electron chi connectivity index (χ1n) is 23.2. The lowest BCUT2D eigenvalue weighted by Crippen LogP contribution is -2.94. The van der Waals surface area contributed by atoms with Gasteiger partial charge in [0.15, 0.2) is 5.78 Å². The predicted molar refractivity (Wildman–Crippen MR) is 214 cm³/mol. The summed E-state index contributed by atoms with van der Waals surface area (Å²) in [6.07, 6.45) is 21.1. The number of quaternary nitrogens is 1. The lowest BCUT2D eigenvalue weighted by molar-refractivity contribution is -0.699. The van der Waals surface area contributed by atoms with E-state index in [4.69, 9.17) is 10.5 Å². The molecule has 0 amide bonds. The molecule has 5 saturated carbocycles. The minimum absolute atomic E-state index is 0.0919. The van der Waals surface area contributed by atoms with Gasteiger partial charge in [0, 0.05) is 17.8 Å². The van der Waals surface area contributed by atoms with Gasteiger partial charge in [-0.1, -0.05) is 79.1 Å². The molecular weight excluding hydrogens is 689 g/mol. The van der Waals surface area contributed by atoms with Crippen molar-refractivity contribution in [2.24, 2.45) is 62.9 Å². The summed E-state index contributed by atoms with van der Waals surface area (Å²) in [6.45, 7) is 13.8. The largest absolute Gasteiger partial charge is 0.393 e. The number of ketones is 1. The van der Waals surface area contributed by atoms with E-state index in [1.165, 1.54) is 38.5 Å². The van der Waals surface area contributed by atoms with Crippen LogP contribution >= 0.6 is 0 Å². The maximum absolute atomic E-state index is 14.5. The fraction of sp³-hybridized carbons (Fsp3) is 0.936. The first-order valence-corrected chi connectivity index (χ1v) is 23.2. The van der Waals surface area contributed by atoms with Crippen molar-refractivity contribution < 1.29 is 35.3 Å². The average Bonchev–Trinajstić information content (AvgIpc) is 3.75. The van der Waals surface area contributed by atoms with E-state index in [2.05, 4.69) is 33.0 Å². The number of carbonyl (C=O) groups is 1. The van der Waals surface area contributed by atoms with Gasteiger partial charge in [-0.2, -0.15) is 0 Å². The number of hydrogen-bond acceptors (Lipinski definition) is 7. The van der Waals surface area contributed by atoms with E-state index in [0.717, 1.165) is 88.7 Å². The second-order valence-corrected chi connectivity index (χ2v) is 22.7. The van der Waals surface area contributed by atoms with Gasteiger partial charge in [0.05, 0.1) is 29.5 Å². The molecule has 0 bridgehead atoms. The van der Waals surface area contributed by atoms with Gasteiger partial charge in [-0.05, 0) is 142 Å². The number of aliphatic hydroxyl groups excluding tert-OH is 1. The molecule has 8 nitrogen and oxygen atoms in total. The highest BCUT2D eigenvalue weighted by atomic mass is 16.6. The minimum atomic E-state index is -1.27. The van der Waals surface area contributed by atoms with Crippen molar-refractivity contribution >= 4 is 5.78 Å². The van der Waals surface area contributed by atoms with E-state index in [9.17, 15) is 25.2 Å². The number of nitrogens with two attached hydrogens (primary N) is 2. The third-order valence-corrected chi connectivity index (χ3v) is 19.5. The zero-order valence-corrected chi connectivity index (χ0v) is 35.5. The summed E-state index contributed by atoms with van der Waals surface area (Å²) in [5, 5.41) is 52.1. The van der Waals surface area contributed by atoms with Gasteiger partial charge in [0.1, 0.15) is 18.4 Å². The van der Waals surface area contributed by atoms with Crippen molar-refractivity contribution in [2.45, 2.75) is 211 Å². The van der Waals surface area contributed by atoms with Crippen molar-refractivity contribution in [3.63, 3.8) is 0 Å². The summed E-state index contributed by atoms with van der Waals surface area (Å²) in [5.74, 6) is 1.31. The van der Waals surface area contributed by atoms with E-state index in [1.807, 2.05) is 19.9 Å². The summed E-state index contributed by atoms with van der Waals surface area (Å²) >= 11 is 0. The lowest BCUT2D eigenvalue weighted by Gasteiger charge is -2.67. The molecule has 2 aliphatic heterocycles. The van der Waals surface area contributed by atoms with Crippen molar-refractivity contribution in [2.75, 3.05) is 6.54 Å². The topological polar surface area (TPSA) is 153 Å². The van der Waals surface area contributed by atoms with Gasteiger partial charge in [0.2, 0.25) is 0 Å². The van der Waals surface area contributed by atoms with Crippen LogP contribution in [0.5, 0.6) is 0 Å². The predicted octanol–water partition coefficient (Wildman–Crippen LogP) is 6.31. The van der Waals surface area contributed by atoms with Gasteiger partial charge >= 0.3 is 0 Å². The summed E-state index contributed by atoms with van der Waals surface area (Å²) in [4.78, 5) is 14.5. The third-order valence-electron chi connectivity index (χ3n) is 19.5. The number of hydrogen-bond donors (Lipinski definition) is 6. The molecule has 2 heterocycles. The number of carbonyl (C=O) groups excluding carboxylic acids is 1. The molecule has 0 radical (unpaired) electrons. The molecule has 14 atom stereocenters. The number of rotatable bonds is 10. The standard InChI is InChI=1S/C47H78N2O6/c1-41(2,21-16-30-18-23-49-37(48)24-30)45(6,53)40-39(55-40)44(5,52)36-17-22-47(54)34-26-35(51)33-25-32(50)28-46(19-10-11-20-46)43(33,4)38(34)31(27-42(36,47)3)15-14-29-12-8-7-9-13-29/h26,29-33,36-40,49-50,52-54H,7-25,27-28,48H2,1-6H3/p+1. The van der Waals surface area contributed by atoms with E-state index in [-0.39, 0.29) is 46.5 Å². The normalized spacial score (nSPS) is 46.6. The highest BCUT2D eigenvalue weighted by Crippen LogP contribution is 2.75. The number of allylic oxidation sites excluding steroid dienone is 1. The Labute approximate surface area is 332 Å². The molecule has 312 valence electrons. The molecule has 6 aliphatic carbocycles. The molecule has 7 fully saturated rings. The van der Waals surface area contributed by atoms with Crippen LogP contribution in [0.25, 0.3) is 0 Å². The Bertz CT molecular complexity index is 1480. The minimum Gasteiger partial charge on any atom is -0.393 e. The summed E-state index contributed by atoms with van der Waals surface area (Å²) in [7, 11) is 0. The molecule has 0 aromatic rings. The Morgan fingerprint density at radius 1 is 0.873 bits per heavy atom. The fourth-order valence-electron chi connectivity index (χ4n) is 15.8. The molecule has 55 heavy (non-hydrogen) atoms. The quantitative estimate of drug-likeness (QED) is 0.143. The van der Waals surface area contributed by atoms with Crippen LogP contribution in [0, 0.1) is 57.2 Å². The van der Waals surface area contributed by atoms with Crippen molar-refractivity contribution in [1.29, 1.82) is 0 Å². The fourth-order valence-corrected chi connectivity index (χ4v) is 15.8. The molecule has 1 spiro atoms. The Morgan fingerprint density at radius 3 is 2.27 bits per heavy atom. The molecule has 2 saturated heterocycles. The highest BCUT2D eigenvalue weighted by molar-refractivity contribution is 5.95. The van der Waals surface area contributed by atoms with Crippen LogP contribution in [0.15, 0.2) is 11.6 Å². The molecule has 8 N–H and O–H groups in total. The van der Waals surface area contributed by atoms with E-state index >= 15 is 0 Å². The van der Waals surface area contributed by atoms with Crippen LogP contribution in [-0.2, 0) is 9.53 Å². The van der Waals surface area contributed by atoms with Crippen molar-refractivity contribution in [3.05, 3.63) is 11.6 Å². The number of epoxide rings is 1. The first kappa shape index (κ1) is 40.9.